The largest absolute Gasteiger partial charge is 0.477 e. The number of carbonyl (C=O) groups is 2. The Morgan fingerprint density at radius 1 is 1.32 bits per heavy atom. The summed E-state index contributed by atoms with van der Waals surface area (Å²) in [6.45, 7) is 0. The summed E-state index contributed by atoms with van der Waals surface area (Å²) in [6.07, 6.45) is 3.63. The van der Waals surface area contributed by atoms with Gasteiger partial charge in [-0.25, -0.2) is 18.7 Å². The molecule has 7 nitrogen and oxygen atoms in total. The Morgan fingerprint density at radius 3 is 2.92 bits per heavy atom. The van der Waals surface area contributed by atoms with Gasteiger partial charge in [-0.3, -0.25) is 9.69 Å². The van der Waals surface area contributed by atoms with E-state index in [-0.39, 0.29) is 29.0 Å². The van der Waals surface area contributed by atoms with E-state index in [2.05, 4.69) is 10.1 Å². The first kappa shape index (κ1) is 15.3. The molecule has 25 heavy (non-hydrogen) atoms. The molecule has 8 heteroatoms. The smallest absolute Gasteiger partial charge is 0.341 e. The van der Waals surface area contributed by atoms with Gasteiger partial charge < -0.3 is 5.11 Å². The number of aromatic nitrogens is 3. The Hall–Kier alpha value is -3.29. The summed E-state index contributed by atoms with van der Waals surface area (Å²) in [7, 11) is 0. The van der Waals surface area contributed by atoms with Crippen LogP contribution in [0.25, 0.3) is 5.65 Å². The van der Waals surface area contributed by atoms with Crippen LogP contribution in [0, 0.1) is 5.82 Å². The summed E-state index contributed by atoms with van der Waals surface area (Å²) in [5.74, 6) is -1.33. The van der Waals surface area contributed by atoms with Crippen molar-refractivity contribution in [3.05, 3.63) is 59.7 Å². The predicted molar refractivity (Wildman–Crippen MR) is 85.8 cm³/mol. The number of amides is 1. The molecular weight excluding hydrogens is 327 g/mol. The van der Waals surface area contributed by atoms with Crippen LogP contribution < -0.4 is 4.90 Å². The van der Waals surface area contributed by atoms with Crippen LogP contribution in [0.15, 0.2) is 42.7 Å². The van der Waals surface area contributed by atoms with E-state index in [9.17, 15) is 19.1 Å². The van der Waals surface area contributed by atoms with E-state index in [4.69, 9.17) is 0 Å². The maximum Gasteiger partial charge on any atom is 0.341 e. The molecule has 1 amide bonds. The maximum absolute atomic E-state index is 13.6. The molecule has 1 aliphatic rings. The summed E-state index contributed by atoms with van der Waals surface area (Å²) in [6, 6.07) is 7.37. The second-order valence-electron chi connectivity index (χ2n) is 5.79. The van der Waals surface area contributed by atoms with Gasteiger partial charge in [-0.15, -0.1) is 0 Å². The van der Waals surface area contributed by atoms with E-state index in [1.54, 1.807) is 24.4 Å². The van der Waals surface area contributed by atoms with Gasteiger partial charge in [0, 0.05) is 12.6 Å². The second-order valence-corrected chi connectivity index (χ2v) is 5.79. The normalized spacial score (nSPS) is 17.4. The molecule has 3 heterocycles. The third-order valence-electron chi connectivity index (χ3n) is 4.28. The highest BCUT2D eigenvalue weighted by atomic mass is 19.1. The van der Waals surface area contributed by atoms with Crippen molar-refractivity contribution in [2.45, 2.75) is 18.9 Å². The molecule has 1 fully saturated rings. The first-order valence-corrected chi connectivity index (χ1v) is 7.70. The Kier molecular flexibility index (Phi) is 3.45. The Labute approximate surface area is 141 Å². The van der Waals surface area contributed by atoms with E-state index in [1.165, 1.54) is 27.7 Å². The molecule has 0 bridgehead atoms. The van der Waals surface area contributed by atoms with Gasteiger partial charge >= 0.3 is 5.97 Å². The third kappa shape index (κ3) is 2.51. The first-order valence-electron chi connectivity index (χ1n) is 7.70. The quantitative estimate of drug-likeness (QED) is 0.791. The van der Waals surface area contributed by atoms with Crippen LogP contribution in [0.5, 0.6) is 0 Å². The van der Waals surface area contributed by atoms with Gasteiger partial charge in [-0.1, -0.05) is 12.1 Å². The fourth-order valence-corrected chi connectivity index (χ4v) is 3.14. The van der Waals surface area contributed by atoms with Gasteiger partial charge in [-0.05, 0) is 30.2 Å². The topological polar surface area (TPSA) is 87.8 Å². The molecule has 1 aliphatic heterocycles. The average Bonchev–Trinajstić information content (AvgIpc) is 3.17. The zero-order valence-corrected chi connectivity index (χ0v) is 13.0. The van der Waals surface area contributed by atoms with Crippen LogP contribution >= 0.6 is 0 Å². The molecule has 0 radical (unpaired) electrons. The summed E-state index contributed by atoms with van der Waals surface area (Å²) in [4.78, 5) is 29.5. The van der Waals surface area contributed by atoms with E-state index in [1.807, 2.05) is 0 Å². The minimum atomic E-state index is -1.14. The molecule has 1 aromatic carbocycles. The molecule has 0 spiro atoms. The van der Waals surface area contributed by atoms with Crippen molar-refractivity contribution in [2.24, 2.45) is 0 Å². The molecule has 0 aliphatic carbocycles. The molecule has 3 aromatic rings. The highest BCUT2D eigenvalue weighted by Gasteiger charge is 2.34. The number of nitrogens with zero attached hydrogens (tertiary/aromatic N) is 4. The number of carboxylic acids is 1. The summed E-state index contributed by atoms with van der Waals surface area (Å²) in [5.41, 5.74) is 0.790. The van der Waals surface area contributed by atoms with Crippen LogP contribution in [0.1, 0.15) is 34.8 Å². The monoisotopic (exact) mass is 340 g/mol. The van der Waals surface area contributed by atoms with Gasteiger partial charge in [0.1, 0.15) is 17.2 Å². The van der Waals surface area contributed by atoms with Crippen LogP contribution in [-0.4, -0.2) is 31.6 Å². The number of carbonyl (C=O) groups excluding carboxylic acids is 1. The van der Waals surface area contributed by atoms with Crippen molar-refractivity contribution in [1.82, 2.24) is 14.6 Å². The van der Waals surface area contributed by atoms with Gasteiger partial charge in [0.25, 0.3) is 0 Å². The first-order chi connectivity index (χ1) is 12.0. The van der Waals surface area contributed by atoms with E-state index in [0.717, 1.165) is 0 Å². The summed E-state index contributed by atoms with van der Waals surface area (Å²) in [5, 5.41) is 13.2. The minimum absolute atomic E-state index is 0.0456. The SMILES string of the molecule is O=C(O)c1cnn2ccc(N3C(=O)CCC3c3cccc(F)c3)nc12. The van der Waals surface area contributed by atoms with Crippen LogP contribution in [0.3, 0.4) is 0 Å². The lowest BCUT2D eigenvalue weighted by Gasteiger charge is -2.24. The van der Waals surface area contributed by atoms with Crippen molar-refractivity contribution in [3.63, 3.8) is 0 Å². The number of carboxylic acid groups (broad SMARTS) is 1. The van der Waals surface area contributed by atoms with Gasteiger partial charge in [0.05, 0.1) is 12.2 Å². The number of aromatic carboxylic acids is 1. The fourth-order valence-electron chi connectivity index (χ4n) is 3.14. The van der Waals surface area contributed by atoms with Crippen LogP contribution in [0.4, 0.5) is 10.2 Å². The summed E-state index contributed by atoms with van der Waals surface area (Å²) >= 11 is 0. The number of hydrogen-bond acceptors (Lipinski definition) is 4. The van der Waals surface area contributed by atoms with Crippen molar-refractivity contribution < 1.29 is 19.1 Å². The Bertz CT molecular complexity index is 1000. The van der Waals surface area contributed by atoms with Crippen LogP contribution in [-0.2, 0) is 4.79 Å². The van der Waals surface area contributed by atoms with Crippen LogP contribution in [0.2, 0.25) is 0 Å². The van der Waals surface area contributed by atoms with E-state index < -0.39 is 5.97 Å². The van der Waals surface area contributed by atoms with Crippen molar-refractivity contribution in [2.75, 3.05) is 4.90 Å². The zero-order valence-electron chi connectivity index (χ0n) is 13.0. The Balaban J connectivity index is 1.80. The van der Waals surface area contributed by atoms with Gasteiger partial charge in [0.2, 0.25) is 5.91 Å². The molecular formula is C17H13FN4O3. The highest BCUT2D eigenvalue weighted by Crippen LogP contribution is 2.36. The Morgan fingerprint density at radius 2 is 2.16 bits per heavy atom. The second kappa shape index (κ2) is 5.66. The molecule has 1 N–H and O–H groups in total. The fraction of sp³-hybridized carbons (Fsp3) is 0.176. The van der Waals surface area contributed by atoms with E-state index >= 15 is 0 Å². The summed E-state index contributed by atoms with van der Waals surface area (Å²) < 4.78 is 14.9. The standard InChI is InChI=1S/C17H13FN4O3/c18-11-3-1-2-10(8-11)13-4-5-15(23)22(13)14-6-7-21-16(20-14)12(9-19-21)17(24)25/h1-3,6-9,13H,4-5H2,(H,24,25). The predicted octanol–water partition coefficient (Wildman–Crippen LogP) is 2.43. The maximum atomic E-state index is 13.6. The van der Waals surface area contributed by atoms with Gasteiger partial charge in [0.15, 0.2) is 5.65 Å². The molecule has 2 aromatic heterocycles. The lowest BCUT2D eigenvalue weighted by atomic mass is 10.0. The number of benzene rings is 1. The molecule has 1 unspecified atom stereocenters. The zero-order chi connectivity index (χ0) is 17.6. The number of hydrogen-bond donors (Lipinski definition) is 1. The average molecular weight is 340 g/mol. The third-order valence-corrected chi connectivity index (χ3v) is 4.28. The molecule has 4 rings (SSSR count). The lowest BCUT2D eigenvalue weighted by Crippen LogP contribution is -2.28. The lowest BCUT2D eigenvalue weighted by molar-refractivity contribution is -0.117. The minimum Gasteiger partial charge on any atom is -0.477 e. The molecule has 1 saturated heterocycles. The number of fused-ring (bicyclic) bond motifs is 1. The molecule has 126 valence electrons. The van der Waals surface area contributed by atoms with Gasteiger partial charge in [-0.2, -0.15) is 5.10 Å². The van der Waals surface area contributed by atoms with Crippen molar-refractivity contribution in [1.29, 1.82) is 0 Å². The number of halogens is 1. The van der Waals surface area contributed by atoms with E-state index in [0.29, 0.717) is 24.2 Å². The highest BCUT2D eigenvalue weighted by molar-refractivity contribution is 5.97. The number of anilines is 1. The molecule has 0 saturated carbocycles. The number of rotatable bonds is 3. The van der Waals surface area contributed by atoms with Crippen molar-refractivity contribution in [3.8, 4) is 0 Å². The molecule has 1 atom stereocenters. The van der Waals surface area contributed by atoms with Crippen molar-refractivity contribution >= 4 is 23.3 Å².